The van der Waals surface area contributed by atoms with E-state index >= 15 is 0 Å². The fourth-order valence-electron chi connectivity index (χ4n) is 4.17. The first-order valence-corrected chi connectivity index (χ1v) is 10.7. The average Bonchev–Trinajstić information content (AvgIpc) is 3.49. The number of aryl methyl sites for hydroxylation is 1. The van der Waals surface area contributed by atoms with Crippen LogP contribution in [0.3, 0.4) is 0 Å². The summed E-state index contributed by atoms with van der Waals surface area (Å²) >= 11 is 0. The van der Waals surface area contributed by atoms with Crippen LogP contribution in [0.5, 0.6) is 5.75 Å². The van der Waals surface area contributed by atoms with Gasteiger partial charge in [-0.15, -0.1) is 0 Å². The molecule has 0 radical (unpaired) electrons. The second-order valence-electron chi connectivity index (χ2n) is 8.53. The summed E-state index contributed by atoms with van der Waals surface area (Å²) in [6, 6.07) is 13.4. The number of nitrogens with one attached hydrogen (secondary N) is 1. The van der Waals surface area contributed by atoms with Crippen LogP contribution in [0.4, 0.5) is 5.82 Å². The first-order valence-electron chi connectivity index (χ1n) is 10.7. The van der Waals surface area contributed by atoms with Gasteiger partial charge in [-0.25, -0.2) is 9.97 Å². The summed E-state index contributed by atoms with van der Waals surface area (Å²) in [5, 5.41) is 14.5. The molecule has 2 aromatic carbocycles. The normalized spacial score (nSPS) is 18.7. The van der Waals surface area contributed by atoms with Crippen LogP contribution in [0.25, 0.3) is 22.3 Å². The van der Waals surface area contributed by atoms with Crippen molar-refractivity contribution in [2.45, 2.75) is 26.2 Å². The highest BCUT2D eigenvalue weighted by Gasteiger charge is 2.31. The van der Waals surface area contributed by atoms with Crippen molar-refractivity contribution in [3.05, 3.63) is 48.0 Å². The number of fused-ring (bicyclic) bond motifs is 1. The van der Waals surface area contributed by atoms with Gasteiger partial charge in [-0.05, 0) is 61.9 Å². The van der Waals surface area contributed by atoms with Crippen molar-refractivity contribution in [2.24, 2.45) is 11.8 Å². The van der Waals surface area contributed by atoms with Gasteiger partial charge in [-0.3, -0.25) is 4.79 Å². The first-order chi connectivity index (χ1) is 14.6. The van der Waals surface area contributed by atoms with Gasteiger partial charge in [0.15, 0.2) is 5.82 Å². The van der Waals surface area contributed by atoms with Gasteiger partial charge in [0.25, 0.3) is 0 Å². The maximum absolute atomic E-state index is 12.0. The monoisotopic (exact) mass is 402 g/mol. The quantitative estimate of drug-likeness (QED) is 0.681. The van der Waals surface area contributed by atoms with Crippen LogP contribution >= 0.6 is 0 Å². The molecule has 6 nitrogen and oxygen atoms in total. The van der Waals surface area contributed by atoms with Gasteiger partial charge in [-0.1, -0.05) is 18.2 Å². The lowest BCUT2D eigenvalue weighted by atomic mass is 10.1. The van der Waals surface area contributed by atoms with Crippen molar-refractivity contribution in [2.75, 3.05) is 24.5 Å². The second kappa shape index (κ2) is 7.59. The van der Waals surface area contributed by atoms with Gasteiger partial charge in [-0.2, -0.15) is 0 Å². The van der Waals surface area contributed by atoms with E-state index in [1.165, 1.54) is 0 Å². The zero-order valence-corrected chi connectivity index (χ0v) is 17.1. The Morgan fingerprint density at radius 1 is 1.17 bits per heavy atom. The standard InChI is InChI=1S/C24H26N4O2/c1-15-6-9-18-20(12-15)26-22(19-4-2-3-5-21(19)29)27-23(18)28-11-10-16(14-28)13-25-24(30)17-7-8-17/h2-6,9,12,16-17,29H,7-8,10-11,13-14H2,1H3,(H,25,30). The number of aromatic hydroxyl groups is 1. The van der Waals surface area contributed by atoms with E-state index in [-0.39, 0.29) is 17.6 Å². The summed E-state index contributed by atoms with van der Waals surface area (Å²) in [7, 11) is 0. The number of aromatic nitrogens is 2. The molecule has 0 bridgehead atoms. The fourth-order valence-corrected chi connectivity index (χ4v) is 4.17. The number of amides is 1. The van der Waals surface area contributed by atoms with Crippen molar-refractivity contribution in [3.63, 3.8) is 0 Å². The lowest BCUT2D eigenvalue weighted by Crippen LogP contribution is -2.32. The first kappa shape index (κ1) is 18.9. The van der Waals surface area contributed by atoms with Gasteiger partial charge >= 0.3 is 0 Å². The maximum atomic E-state index is 12.0. The molecule has 1 aromatic heterocycles. The minimum Gasteiger partial charge on any atom is -0.507 e. The molecule has 1 saturated carbocycles. The highest BCUT2D eigenvalue weighted by Crippen LogP contribution is 2.34. The third-order valence-corrected chi connectivity index (χ3v) is 6.08. The van der Waals surface area contributed by atoms with Crippen LogP contribution < -0.4 is 10.2 Å². The van der Waals surface area contributed by atoms with Gasteiger partial charge in [0.05, 0.1) is 11.1 Å². The molecule has 0 spiro atoms. The van der Waals surface area contributed by atoms with Crippen molar-refractivity contribution in [1.82, 2.24) is 15.3 Å². The predicted octanol–water partition coefficient (Wildman–Crippen LogP) is 3.66. The molecule has 5 rings (SSSR count). The third kappa shape index (κ3) is 3.70. The van der Waals surface area contributed by atoms with E-state index in [1.54, 1.807) is 12.1 Å². The highest BCUT2D eigenvalue weighted by atomic mass is 16.3. The zero-order valence-electron chi connectivity index (χ0n) is 17.1. The average molecular weight is 402 g/mol. The van der Waals surface area contributed by atoms with Gasteiger partial charge in [0.1, 0.15) is 11.6 Å². The van der Waals surface area contributed by atoms with E-state index in [0.29, 0.717) is 17.3 Å². The topological polar surface area (TPSA) is 78.4 Å². The molecule has 1 aliphatic carbocycles. The van der Waals surface area contributed by atoms with Crippen LogP contribution in [-0.4, -0.2) is 40.6 Å². The molecular weight excluding hydrogens is 376 g/mol. The van der Waals surface area contributed by atoms with E-state index < -0.39 is 0 Å². The largest absolute Gasteiger partial charge is 0.507 e. The molecule has 154 valence electrons. The summed E-state index contributed by atoms with van der Waals surface area (Å²) in [4.78, 5) is 23.9. The Morgan fingerprint density at radius 2 is 2.00 bits per heavy atom. The number of nitrogens with zero attached hydrogens (tertiary/aromatic N) is 3. The number of hydrogen-bond donors (Lipinski definition) is 2. The molecule has 1 atom stereocenters. The molecule has 2 N–H and O–H groups in total. The number of phenolic OH excluding ortho intramolecular Hbond substituents is 1. The third-order valence-electron chi connectivity index (χ3n) is 6.08. The summed E-state index contributed by atoms with van der Waals surface area (Å²) in [6.45, 7) is 4.52. The minimum absolute atomic E-state index is 0.178. The Morgan fingerprint density at radius 3 is 2.80 bits per heavy atom. The number of rotatable bonds is 5. The Bertz CT molecular complexity index is 1110. The number of hydrogen-bond acceptors (Lipinski definition) is 5. The molecule has 3 aromatic rings. The number of carbonyl (C=O) groups excluding carboxylic acids is 1. The van der Waals surface area contributed by atoms with Crippen molar-refractivity contribution >= 4 is 22.6 Å². The second-order valence-corrected chi connectivity index (χ2v) is 8.53. The molecule has 1 aliphatic heterocycles. The number of para-hydroxylation sites is 1. The van der Waals surface area contributed by atoms with Crippen molar-refractivity contribution in [3.8, 4) is 17.1 Å². The van der Waals surface area contributed by atoms with E-state index in [1.807, 2.05) is 12.1 Å². The van der Waals surface area contributed by atoms with E-state index in [0.717, 1.165) is 61.2 Å². The molecule has 2 fully saturated rings. The van der Waals surface area contributed by atoms with E-state index in [9.17, 15) is 9.90 Å². The number of carbonyl (C=O) groups is 1. The Kier molecular flexibility index (Phi) is 4.77. The predicted molar refractivity (Wildman–Crippen MR) is 117 cm³/mol. The molecule has 1 saturated heterocycles. The van der Waals surface area contributed by atoms with Crippen LogP contribution in [0.2, 0.25) is 0 Å². The van der Waals surface area contributed by atoms with Crippen molar-refractivity contribution < 1.29 is 9.90 Å². The fraction of sp³-hybridized carbons (Fsp3) is 0.375. The summed E-state index contributed by atoms with van der Waals surface area (Å²) in [5.41, 5.74) is 2.65. The summed E-state index contributed by atoms with van der Waals surface area (Å²) in [6.07, 6.45) is 3.09. The molecule has 1 unspecified atom stereocenters. The minimum atomic E-state index is 0.178. The van der Waals surface area contributed by atoms with E-state index in [2.05, 4.69) is 35.3 Å². The molecule has 30 heavy (non-hydrogen) atoms. The van der Waals surface area contributed by atoms with Crippen molar-refractivity contribution in [1.29, 1.82) is 0 Å². The highest BCUT2D eigenvalue weighted by molar-refractivity contribution is 5.92. The maximum Gasteiger partial charge on any atom is 0.223 e. The van der Waals surface area contributed by atoms with Gasteiger partial charge in [0.2, 0.25) is 5.91 Å². The molecule has 1 amide bonds. The van der Waals surface area contributed by atoms with Crippen LogP contribution in [-0.2, 0) is 4.79 Å². The van der Waals surface area contributed by atoms with Gasteiger partial charge in [0, 0.05) is 30.9 Å². The van der Waals surface area contributed by atoms with Crippen LogP contribution in [0, 0.1) is 18.8 Å². The smallest absolute Gasteiger partial charge is 0.223 e. The Balaban J connectivity index is 1.45. The molecule has 2 aliphatic rings. The molecule has 6 heteroatoms. The lowest BCUT2D eigenvalue weighted by molar-refractivity contribution is -0.122. The SMILES string of the molecule is Cc1ccc2c(N3CCC(CNC(=O)C4CC4)C3)nc(-c3ccccc3O)nc2c1. The van der Waals surface area contributed by atoms with Gasteiger partial charge < -0.3 is 15.3 Å². The van der Waals surface area contributed by atoms with Crippen LogP contribution in [0.1, 0.15) is 24.8 Å². The zero-order chi connectivity index (χ0) is 20.7. The summed E-state index contributed by atoms with van der Waals surface area (Å²) in [5.74, 6) is 2.48. The number of phenols is 1. The number of benzene rings is 2. The Hall–Kier alpha value is -3.15. The van der Waals surface area contributed by atoms with Crippen LogP contribution in [0.15, 0.2) is 42.5 Å². The number of anilines is 1. The Labute approximate surface area is 176 Å². The van der Waals surface area contributed by atoms with E-state index in [4.69, 9.17) is 9.97 Å². The molecular formula is C24H26N4O2. The lowest BCUT2D eigenvalue weighted by Gasteiger charge is -2.21. The molecule has 2 heterocycles. The summed E-state index contributed by atoms with van der Waals surface area (Å²) < 4.78 is 0.